The molecule has 18 nitrogen and oxygen atoms in total. The Kier molecular flexibility index (Phi) is 19.3. The Hall–Kier alpha value is -12.4. The smallest absolute Gasteiger partial charge is 0.354 e. The van der Waals surface area contributed by atoms with Gasteiger partial charge in [-0.15, -0.1) is 0 Å². The van der Waals surface area contributed by atoms with E-state index in [0.29, 0.717) is 65.6 Å². The van der Waals surface area contributed by atoms with E-state index in [0.717, 1.165) is 35.3 Å². The zero-order valence-corrected chi connectivity index (χ0v) is 54.8. The lowest BCUT2D eigenvalue weighted by molar-refractivity contribution is 0.445. The van der Waals surface area contributed by atoms with Gasteiger partial charge in [0.1, 0.15) is 70.8 Å². The molecule has 101 heavy (non-hydrogen) atoms. The van der Waals surface area contributed by atoms with Crippen LogP contribution in [0, 0.1) is 17.5 Å². The van der Waals surface area contributed by atoms with Crippen LogP contribution < -0.4 is 33.6 Å². The van der Waals surface area contributed by atoms with Crippen LogP contribution in [-0.2, 0) is 0 Å². The molecule has 0 saturated carbocycles. The predicted molar refractivity (Wildman–Crippen MR) is 379 cm³/mol. The van der Waals surface area contributed by atoms with Crippen LogP contribution in [0.4, 0.5) is 13.2 Å². The molecule has 0 aliphatic rings. The van der Waals surface area contributed by atoms with Gasteiger partial charge >= 0.3 is 16.9 Å². The van der Waals surface area contributed by atoms with Crippen molar-refractivity contribution in [1.29, 1.82) is 0 Å². The van der Waals surface area contributed by atoms with Crippen LogP contribution in [0.25, 0.3) is 83.7 Å². The number of aromatic hydroxyl groups is 4. The summed E-state index contributed by atoms with van der Waals surface area (Å²) in [4.78, 5) is 87.7. The van der Waals surface area contributed by atoms with Gasteiger partial charge < -0.3 is 33.7 Å². The largest absolute Gasteiger partial charge is 0.508 e. The summed E-state index contributed by atoms with van der Waals surface area (Å²) in [5.41, 5.74) is -0.175. The average Bonchev–Trinajstić information content (AvgIpc) is 0.760. The maximum atomic E-state index is 13.7. The zero-order chi connectivity index (χ0) is 70.6. The highest BCUT2D eigenvalue weighted by Crippen LogP contribution is 2.41. The first kappa shape index (κ1) is 67.2. The number of rotatable bonds is 12. The number of pyridine rings is 3. The van der Waals surface area contributed by atoms with Crippen LogP contribution in [0.2, 0.25) is 5.02 Å². The molecule has 0 atom stereocenters. The Balaban J connectivity index is 0.000000135. The summed E-state index contributed by atoms with van der Waals surface area (Å²) in [5.74, 6) is -2.94. The van der Waals surface area contributed by atoms with E-state index in [1.807, 2.05) is 18.2 Å². The molecule has 0 spiro atoms. The number of aromatic nitrogens is 5. The van der Waals surface area contributed by atoms with Crippen LogP contribution in [0.1, 0.15) is 0 Å². The second kappa shape index (κ2) is 29.0. The van der Waals surface area contributed by atoms with E-state index in [1.165, 1.54) is 129 Å². The van der Waals surface area contributed by atoms with Crippen molar-refractivity contribution < 1.29 is 46.8 Å². The van der Waals surface area contributed by atoms with Crippen molar-refractivity contribution in [2.24, 2.45) is 0 Å². The van der Waals surface area contributed by atoms with E-state index >= 15 is 0 Å². The monoisotopic (exact) mass is 1420 g/mol. The van der Waals surface area contributed by atoms with E-state index < -0.39 is 68.3 Å². The van der Waals surface area contributed by atoms with Gasteiger partial charge in [-0.25, -0.2) is 37.5 Å². The summed E-state index contributed by atoms with van der Waals surface area (Å²) in [6.45, 7) is 0. The second-order valence-electron chi connectivity index (χ2n) is 21.7. The molecule has 7 heterocycles. The van der Waals surface area contributed by atoms with Crippen LogP contribution in [-0.4, -0.2) is 44.1 Å². The van der Waals surface area contributed by atoms with E-state index in [1.54, 1.807) is 115 Å². The standard InChI is InChI=1S/C26H15ClFNO4S.C26H16FNO5S.C24H14FN3O4S/c27-18-8-4-5-9-21(18)34-24-23(30)22-20(33-26(24)32)14-19(15-6-2-1-3-7-15)29(25(22)31)17-12-10-16(28)11-13-17;27-16-9-11-17(12-10-16)28-20(15-5-2-1-3-6-15)14-21-22(25(28)31)23(30)24(26(32)33-21)34-19-8-4-7-18(29)13-19;25-15-7-9-16(10-8-15)28-17(14-5-2-1-3-6-14)13-18-19(22(28)30)20(29)21(23(31)32-18)33-24-26-11-4-12-27-24/h1-14,30H;1-14,29-30H;1-13,29H. The predicted octanol–water partition coefficient (Wildman–Crippen LogP) is 16.0. The molecule has 0 fully saturated rings. The van der Waals surface area contributed by atoms with Crippen molar-refractivity contribution >= 4 is 79.8 Å². The molecule has 0 aliphatic heterocycles. The van der Waals surface area contributed by atoms with Gasteiger partial charge in [0.15, 0.2) is 22.4 Å². The summed E-state index contributed by atoms with van der Waals surface area (Å²) < 4.78 is 61.1. The molecule has 15 rings (SSSR count). The van der Waals surface area contributed by atoms with Crippen molar-refractivity contribution in [3.63, 3.8) is 0 Å². The Morgan fingerprint density at radius 2 is 0.713 bits per heavy atom. The maximum absolute atomic E-state index is 13.7. The summed E-state index contributed by atoms with van der Waals surface area (Å²) in [7, 11) is 0. The molecule has 4 N–H and O–H groups in total. The molecule has 0 aliphatic carbocycles. The number of fused-ring (bicyclic) bond motifs is 3. The summed E-state index contributed by atoms with van der Waals surface area (Å²) in [6.07, 6.45) is 2.98. The minimum Gasteiger partial charge on any atom is -0.508 e. The minimum absolute atomic E-state index is 0.0131. The van der Waals surface area contributed by atoms with Gasteiger partial charge in [0.2, 0.25) is 0 Å². The first-order valence-electron chi connectivity index (χ1n) is 30.0. The SMILES string of the molecule is O=c1oc2cc(-c3ccccc3)n(-c3ccc(F)cc3)c(=O)c2c(O)c1Sc1cccc(O)c1.O=c1oc2cc(-c3ccccc3)n(-c3ccc(F)cc3)c(=O)c2c(O)c1Sc1ccccc1Cl.O=c1oc2cc(-c3ccccc3)n(-c3ccc(F)cc3)c(=O)c2c(O)c1Sc1ncccn1. The van der Waals surface area contributed by atoms with E-state index in [4.69, 9.17) is 24.9 Å². The van der Waals surface area contributed by atoms with Crippen molar-refractivity contribution in [3.8, 4) is 73.8 Å². The van der Waals surface area contributed by atoms with Crippen molar-refractivity contribution in [3.05, 3.63) is 334 Å². The van der Waals surface area contributed by atoms with Gasteiger partial charge in [-0.3, -0.25) is 28.1 Å². The fourth-order valence-corrected chi connectivity index (χ4v) is 13.5. The van der Waals surface area contributed by atoms with Crippen molar-refractivity contribution in [2.45, 2.75) is 29.6 Å². The topological polar surface area (TPSA) is 263 Å². The van der Waals surface area contributed by atoms with E-state index in [2.05, 4.69) is 9.97 Å². The third kappa shape index (κ3) is 14.0. The first-order valence-corrected chi connectivity index (χ1v) is 32.9. The van der Waals surface area contributed by atoms with Gasteiger partial charge in [-0.05, 0) is 138 Å². The number of benzene rings is 8. The highest BCUT2D eigenvalue weighted by Gasteiger charge is 2.27. The van der Waals surface area contributed by atoms with Crippen LogP contribution >= 0.6 is 46.9 Å². The lowest BCUT2D eigenvalue weighted by atomic mass is 10.1. The Bertz CT molecular complexity index is 6060. The molecule has 0 unspecified atom stereocenters. The van der Waals surface area contributed by atoms with Crippen molar-refractivity contribution in [1.82, 2.24) is 23.7 Å². The number of hydrogen-bond acceptors (Lipinski definition) is 18. The number of nitrogens with zero attached hydrogens (tertiary/aromatic N) is 5. The van der Waals surface area contributed by atoms with Gasteiger partial charge in [-0.1, -0.05) is 144 Å². The third-order valence-electron chi connectivity index (χ3n) is 15.3. The van der Waals surface area contributed by atoms with E-state index in [-0.39, 0.29) is 58.5 Å². The fourth-order valence-electron chi connectivity index (χ4n) is 10.7. The molecular formula is C76H45ClF3N5O13S3. The molecule has 0 saturated heterocycles. The molecule has 25 heteroatoms. The van der Waals surface area contributed by atoms with Gasteiger partial charge in [0.05, 0.1) is 22.1 Å². The molecule has 15 aromatic rings. The number of phenolic OH excluding ortho intramolecular Hbond substituents is 1. The quantitative estimate of drug-likeness (QED) is 0.0828. The molecule has 8 aromatic carbocycles. The summed E-state index contributed by atoms with van der Waals surface area (Å²) >= 11 is 8.77. The highest BCUT2D eigenvalue weighted by atomic mass is 35.5. The highest BCUT2D eigenvalue weighted by molar-refractivity contribution is 8.00. The maximum Gasteiger partial charge on any atom is 0.354 e. The third-order valence-corrected chi connectivity index (χ3v) is 18.9. The number of halogens is 4. The van der Waals surface area contributed by atoms with Crippen molar-refractivity contribution in [2.75, 3.05) is 0 Å². The lowest BCUT2D eigenvalue weighted by Crippen LogP contribution is -2.21. The molecule has 7 aromatic heterocycles. The summed E-state index contributed by atoms with van der Waals surface area (Å²) in [5, 5.41) is 42.7. The molecule has 0 amide bonds. The minimum atomic E-state index is -0.824. The second-order valence-corrected chi connectivity index (χ2v) is 25.2. The van der Waals surface area contributed by atoms with Crippen LogP contribution in [0.15, 0.2) is 321 Å². The van der Waals surface area contributed by atoms with E-state index in [9.17, 15) is 62.4 Å². The van der Waals surface area contributed by atoms with Gasteiger partial charge in [-0.2, -0.15) is 0 Å². The molecule has 498 valence electrons. The molecule has 0 radical (unpaired) electrons. The van der Waals surface area contributed by atoms with Gasteiger partial charge in [0.25, 0.3) is 16.7 Å². The van der Waals surface area contributed by atoms with Gasteiger partial charge in [0, 0.05) is 57.4 Å². The molecular weight excluding hydrogens is 1380 g/mol. The average molecular weight is 1420 g/mol. The Labute approximate surface area is 584 Å². The molecule has 0 bridgehead atoms. The summed E-state index contributed by atoms with van der Waals surface area (Å²) in [6, 6.07) is 62.2. The zero-order valence-electron chi connectivity index (χ0n) is 51.6. The van der Waals surface area contributed by atoms with Crippen LogP contribution in [0.5, 0.6) is 23.0 Å². The first-order chi connectivity index (χ1) is 48.9. The Morgan fingerprint density at radius 1 is 0.366 bits per heavy atom. The number of phenols is 1. The number of hydrogen-bond donors (Lipinski definition) is 4. The lowest BCUT2D eigenvalue weighted by Gasteiger charge is -2.15. The normalized spacial score (nSPS) is 11.1. The van der Waals surface area contributed by atoms with Crippen LogP contribution in [0.3, 0.4) is 0 Å². The Morgan fingerprint density at radius 3 is 1.08 bits per heavy atom. The fraction of sp³-hybridized carbons (Fsp3) is 0.